The lowest BCUT2D eigenvalue weighted by molar-refractivity contribution is -0.146. The van der Waals surface area contributed by atoms with E-state index in [1.165, 1.54) is 28.2 Å². The number of benzene rings is 3. The Kier molecular flexibility index (Phi) is 11.1. The fourth-order valence-corrected chi connectivity index (χ4v) is 8.09. The first-order valence-corrected chi connectivity index (χ1v) is 16.7. The van der Waals surface area contributed by atoms with E-state index in [1.807, 2.05) is 56.3 Å². The first-order chi connectivity index (χ1) is 20.6. The van der Waals surface area contributed by atoms with Crippen LogP contribution in [0.5, 0.6) is 0 Å². The lowest BCUT2D eigenvalue weighted by atomic mass is 10.0. The Morgan fingerprint density at radius 1 is 1.05 bits per heavy atom. The summed E-state index contributed by atoms with van der Waals surface area (Å²) >= 11 is 1.24. The van der Waals surface area contributed by atoms with E-state index in [0.717, 1.165) is 11.1 Å². The van der Waals surface area contributed by atoms with Crippen LogP contribution in [0.4, 0.5) is 4.39 Å². The van der Waals surface area contributed by atoms with Crippen molar-refractivity contribution in [2.24, 2.45) is 10.9 Å². The number of nitrogens with one attached hydrogen (secondary N) is 1. The molecule has 3 aromatic carbocycles. The van der Waals surface area contributed by atoms with Gasteiger partial charge in [-0.1, -0.05) is 80.6 Å². The van der Waals surface area contributed by atoms with Crippen molar-refractivity contribution in [3.05, 3.63) is 95.8 Å². The van der Waals surface area contributed by atoms with Gasteiger partial charge in [0, 0.05) is 18.7 Å². The number of sulfonamides is 1. The molecule has 0 unspecified atom stereocenters. The molecule has 3 atom stereocenters. The molecule has 1 fully saturated rings. The first-order valence-electron chi connectivity index (χ1n) is 14.0. The zero-order valence-corrected chi connectivity index (χ0v) is 25.8. The second kappa shape index (κ2) is 14.8. The molecule has 1 aliphatic heterocycles. The summed E-state index contributed by atoms with van der Waals surface area (Å²) in [5.41, 5.74) is 3.24. The molecule has 0 spiro atoms. The first kappa shape index (κ1) is 32.4. The highest BCUT2D eigenvalue weighted by Crippen LogP contribution is 2.30. The van der Waals surface area contributed by atoms with Gasteiger partial charge < -0.3 is 10.1 Å². The number of halogens is 1. The summed E-state index contributed by atoms with van der Waals surface area (Å²) in [4.78, 5) is 29.8. The number of carbonyl (C=O) groups is 2. The van der Waals surface area contributed by atoms with E-state index in [9.17, 15) is 22.4 Å². The average molecular weight is 626 g/mol. The van der Waals surface area contributed by atoms with Crippen LogP contribution in [0.25, 0.3) is 11.1 Å². The molecule has 0 saturated carbocycles. The summed E-state index contributed by atoms with van der Waals surface area (Å²) in [5, 5.41) is 1.95. The number of carbonyl (C=O) groups excluding carboxylic acids is 2. The van der Waals surface area contributed by atoms with E-state index in [1.54, 1.807) is 24.3 Å². The van der Waals surface area contributed by atoms with Gasteiger partial charge >= 0.3 is 5.97 Å². The fourth-order valence-electron chi connectivity index (χ4n) is 4.84. The number of ether oxygens (including phenoxy) is 1. The number of aliphatic imine (C=N–C) groups is 1. The molecule has 1 amide bonds. The Labute approximate surface area is 256 Å². The molecule has 4 rings (SSSR count). The molecule has 228 valence electrons. The highest BCUT2D eigenvalue weighted by Gasteiger charge is 2.40. The molecule has 11 heteroatoms. The zero-order valence-electron chi connectivity index (χ0n) is 24.2. The molecule has 1 saturated heterocycles. The van der Waals surface area contributed by atoms with E-state index >= 15 is 0 Å². The van der Waals surface area contributed by atoms with Crippen molar-refractivity contribution in [3.8, 4) is 11.1 Å². The van der Waals surface area contributed by atoms with Crippen molar-refractivity contribution in [2.45, 2.75) is 43.5 Å². The summed E-state index contributed by atoms with van der Waals surface area (Å²) in [6.07, 6.45) is 0.197. The number of hydrogen-bond donors (Lipinski definition) is 1. The topological polar surface area (TPSA) is 105 Å². The predicted octanol–water partition coefficient (Wildman–Crippen LogP) is 5.21. The third kappa shape index (κ3) is 8.52. The van der Waals surface area contributed by atoms with Gasteiger partial charge in [-0.05, 0) is 47.0 Å². The van der Waals surface area contributed by atoms with Gasteiger partial charge in [0.25, 0.3) is 0 Å². The molecule has 8 nitrogen and oxygen atoms in total. The number of nitrogens with zero attached hydrogens (tertiary/aromatic N) is 2. The van der Waals surface area contributed by atoms with E-state index in [4.69, 9.17) is 4.74 Å². The fraction of sp³-hybridized carbons (Fsp3) is 0.344. The van der Waals surface area contributed by atoms with Crippen LogP contribution in [0.15, 0.2) is 83.9 Å². The number of hydrogen-bond acceptors (Lipinski definition) is 7. The van der Waals surface area contributed by atoms with Crippen molar-refractivity contribution in [1.29, 1.82) is 0 Å². The molecule has 1 heterocycles. The van der Waals surface area contributed by atoms with Crippen LogP contribution in [0, 0.1) is 11.7 Å². The minimum atomic E-state index is -3.82. The molecular formula is C32H36FN3O5S2. The summed E-state index contributed by atoms with van der Waals surface area (Å²) < 4.78 is 47.2. The normalized spacial score (nSPS) is 16.9. The van der Waals surface area contributed by atoms with Crippen LogP contribution < -0.4 is 5.32 Å². The van der Waals surface area contributed by atoms with Gasteiger partial charge in [-0.2, -0.15) is 4.31 Å². The number of thioether (sulfide) groups is 1. The second-order valence-electron chi connectivity index (χ2n) is 10.6. The van der Waals surface area contributed by atoms with Gasteiger partial charge in [-0.15, -0.1) is 11.8 Å². The lowest BCUT2D eigenvalue weighted by Crippen LogP contribution is -2.46. The Morgan fingerprint density at radius 3 is 2.33 bits per heavy atom. The Bertz CT molecular complexity index is 1500. The highest BCUT2D eigenvalue weighted by molar-refractivity contribution is 8.02. The van der Waals surface area contributed by atoms with Crippen molar-refractivity contribution in [3.63, 3.8) is 0 Å². The smallest absolute Gasteiger partial charge is 0.331 e. The summed E-state index contributed by atoms with van der Waals surface area (Å²) in [6, 6.07) is 21.4. The molecule has 0 aromatic heterocycles. The van der Waals surface area contributed by atoms with Gasteiger partial charge in [0.1, 0.15) is 17.2 Å². The summed E-state index contributed by atoms with van der Waals surface area (Å²) in [5.74, 6) is -1.30. The molecule has 0 bridgehead atoms. The molecule has 43 heavy (non-hydrogen) atoms. The summed E-state index contributed by atoms with van der Waals surface area (Å²) in [6.45, 7) is 7.30. The molecule has 1 aliphatic rings. The standard InChI is InChI=1S/C32H36FN3O5S2/c1-22(2)29(34-3)32(38)41-19-17-28(26-13-15-27(33)16-14-26)35-30(37)31-36(18-20-42-31)43(39,40)21-23-9-11-25(12-10-23)24-7-5-4-6-8-24/h4-16,22,28-29,31H,3,17-21H2,1-2H3,(H,35,37)/t28-,29-,31-/m0/s1. The molecule has 3 aromatic rings. The van der Waals surface area contributed by atoms with Crippen LogP contribution in [0.1, 0.15) is 37.4 Å². The quantitative estimate of drug-likeness (QED) is 0.207. The second-order valence-corrected chi connectivity index (χ2v) is 13.7. The largest absolute Gasteiger partial charge is 0.464 e. The Balaban J connectivity index is 1.44. The van der Waals surface area contributed by atoms with Gasteiger partial charge in [0.15, 0.2) is 0 Å². The number of amides is 1. The number of esters is 1. The lowest BCUT2D eigenvalue weighted by Gasteiger charge is -2.26. The molecular weight excluding hydrogens is 590 g/mol. The Hall–Kier alpha value is -3.54. The Morgan fingerprint density at radius 2 is 1.70 bits per heavy atom. The summed E-state index contributed by atoms with van der Waals surface area (Å²) in [7, 11) is -3.82. The zero-order chi connectivity index (χ0) is 31.0. The molecule has 0 aliphatic carbocycles. The van der Waals surface area contributed by atoms with E-state index in [-0.39, 0.29) is 31.2 Å². The van der Waals surface area contributed by atoms with Crippen molar-refractivity contribution in [1.82, 2.24) is 9.62 Å². The predicted molar refractivity (Wildman–Crippen MR) is 168 cm³/mol. The van der Waals surface area contributed by atoms with Crippen LogP contribution >= 0.6 is 11.8 Å². The molecule has 0 radical (unpaired) electrons. The maximum Gasteiger partial charge on any atom is 0.331 e. The monoisotopic (exact) mass is 625 g/mol. The van der Waals surface area contributed by atoms with Crippen LogP contribution in [-0.2, 0) is 30.1 Å². The van der Waals surface area contributed by atoms with Gasteiger partial charge in [0.05, 0.1) is 18.4 Å². The van der Waals surface area contributed by atoms with Gasteiger partial charge in [0.2, 0.25) is 15.9 Å². The average Bonchev–Trinajstić information content (AvgIpc) is 3.50. The third-order valence-electron chi connectivity index (χ3n) is 7.15. The van der Waals surface area contributed by atoms with E-state index < -0.39 is 45.2 Å². The van der Waals surface area contributed by atoms with Gasteiger partial charge in [-0.25, -0.2) is 17.6 Å². The van der Waals surface area contributed by atoms with E-state index in [0.29, 0.717) is 16.9 Å². The molecule has 1 N–H and O–H groups in total. The maximum atomic E-state index is 13.6. The van der Waals surface area contributed by atoms with Crippen molar-refractivity contribution in [2.75, 3.05) is 18.9 Å². The van der Waals surface area contributed by atoms with Crippen LogP contribution in [0.3, 0.4) is 0 Å². The SMILES string of the molecule is C=N[C@H](C(=O)OCC[C@H](NC(=O)[C@@H]1SCCN1S(=O)(=O)Cc1ccc(-c2ccccc2)cc1)c1ccc(F)cc1)C(C)C. The van der Waals surface area contributed by atoms with Crippen LogP contribution in [0.2, 0.25) is 0 Å². The van der Waals surface area contributed by atoms with E-state index in [2.05, 4.69) is 17.0 Å². The third-order valence-corrected chi connectivity index (χ3v) is 10.3. The minimum Gasteiger partial charge on any atom is -0.464 e. The maximum absolute atomic E-state index is 13.6. The minimum absolute atomic E-state index is 0.0291. The van der Waals surface area contributed by atoms with Crippen LogP contribution in [-0.4, -0.2) is 61.6 Å². The van der Waals surface area contributed by atoms with Gasteiger partial charge in [-0.3, -0.25) is 9.79 Å². The van der Waals surface area contributed by atoms with Crippen molar-refractivity contribution >= 4 is 40.4 Å². The number of rotatable bonds is 13. The highest BCUT2D eigenvalue weighted by atomic mass is 32.2. The van der Waals surface area contributed by atoms with Crippen molar-refractivity contribution < 1.29 is 27.1 Å².